The number of aliphatic imine (C=N–C) groups is 1. The van der Waals surface area contributed by atoms with Crippen molar-refractivity contribution >= 4 is 23.5 Å². The average Bonchev–Trinajstić information content (AvgIpc) is 3.29. The predicted octanol–water partition coefficient (Wildman–Crippen LogP) is 7.31. The monoisotopic (exact) mass is 538 g/mol. The van der Waals surface area contributed by atoms with Crippen molar-refractivity contribution in [2.45, 2.75) is 39.7 Å². The molecule has 1 aliphatic rings. The van der Waals surface area contributed by atoms with Crippen molar-refractivity contribution in [3.8, 4) is 28.0 Å². The van der Waals surface area contributed by atoms with Crippen LogP contribution in [0.15, 0.2) is 96.0 Å². The van der Waals surface area contributed by atoms with E-state index in [0.29, 0.717) is 39.9 Å². The summed E-state index contributed by atoms with van der Waals surface area (Å²) in [7, 11) is 0. The van der Waals surface area contributed by atoms with E-state index in [2.05, 4.69) is 24.7 Å². The Balaban J connectivity index is 1.67. The van der Waals surface area contributed by atoms with Crippen molar-refractivity contribution in [2.75, 3.05) is 0 Å². The Kier molecular flexibility index (Phi) is 8.14. The van der Waals surface area contributed by atoms with Gasteiger partial charge >= 0.3 is 11.9 Å². The summed E-state index contributed by atoms with van der Waals surface area (Å²) in [6, 6.07) is 15.5. The van der Waals surface area contributed by atoms with Gasteiger partial charge < -0.3 is 15.2 Å². The number of esters is 2. The molecule has 0 aliphatic heterocycles. The van der Waals surface area contributed by atoms with E-state index in [0.717, 1.165) is 23.1 Å². The SMILES string of the molecule is C=C(C)C(=O)Oc1cc(N=C(N)C(=C)C)cc(-c2ccc(-c3ccc4c(c3)CCC4OC(=O)C(=C)C)cc2F)c1. The quantitative estimate of drug-likeness (QED) is 0.107. The molecule has 6 nitrogen and oxygen atoms in total. The van der Waals surface area contributed by atoms with Gasteiger partial charge in [0.15, 0.2) is 0 Å². The van der Waals surface area contributed by atoms with E-state index in [1.807, 2.05) is 24.3 Å². The number of amidine groups is 1. The Morgan fingerprint density at radius 2 is 1.55 bits per heavy atom. The van der Waals surface area contributed by atoms with Gasteiger partial charge in [-0.3, -0.25) is 0 Å². The van der Waals surface area contributed by atoms with E-state index in [1.54, 1.807) is 32.0 Å². The first-order valence-electron chi connectivity index (χ1n) is 12.8. The molecular formula is C33H31FN2O4. The van der Waals surface area contributed by atoms with Gasteiger partial charge in [-0.05, 0) is 85.2 Å². The van der Waals surface area contributed by atoms with Gasteiger partial charge in [0.05, 0.1) is 5.69 Å². The molecule has 0 fully saturated rings. The molecule has 1 unspecified atom stereocenters. The third-order valence-electron chi connectivity index (χ3n) is 6.51. The molecule has 3 aromatic rings. The number of fused-ring (bicyclic) bond motifs is 1. The highest BCUT2D eigenvalue weighted by Gasteiger charge is 2.26. The van der Waals surface area contributed by atoms with Gasteiger partial charge in [-0.1, -0.05) is 50.1 Å². The van der Waals surface area contributed by atoms with Gasteiger partial charge in [-0.2, -0.15) is 0 Å². The normalized spacial score (nSPS) is 14.3. The van der Waals surface area contributed by atoms with Gasteiger partial charge in [0, 0.05) is 22.8 Å². The van der Waals surface area contributed by atoms with Gasteiger partial charge in [-0.25, -0.2) is 19.0 Å². The number of carbonyl (C=O) groups excluding carboxylic acids is 2. The molecule has 0 radical (unpaired) electrons. The first kappa shape index (κ1) is 28.2. The Morgan fingerprint density at radius 3 is 2.20 bits per heavy atom. The summed E-state index contributed by atoms with van der Waals surface area (Å²) in [5, 5.41) is 0. The summed E-state index contributed by atoms with van der Waals surface area (Å²) in [5.41, 5.74) is 11.8. The van der Waals surface area contributed by atoms with Crippen molar-refractivity contribution in [2.24, 2.45) is 10.7 Å². The van der Waals surface area contributed by atoms with Crippen LogP contribution in [0.2, 0.25) is 0 Å². The molecule has 0 saturated heterocycles. The number of carbonyl (C=O) groups is 2. The standard InChI is InChI=1S/C33H31FN2O4/c1-18(2)31(35)36-25-14-24(15-26(17-25)39-32(37)19(3)4)27-10-7-22(16-29(27)34)21-8-11-28-23(13-21)9-12-30(28)40-33(38)20(5)6/h7-8,10-11,13-17,30H,1,3,5,9,12H2,2,4,6H3,(H2,35,36). The Bertz CT molecular complexity index is 1600. The van der Waals surface area contributed by atoms with Crippen molar-refractivity contribution in [3.05, 3.63) is 108 Å². The molecule has 1 atom stereocenters. The fourth-order valence-corrected chi connectivity index (χ4v) is 4.33. The van der Waals surface area contributed by atoms with E-state index in [1.165, 1.54) is 19.1 Å². The van der Waals surface area contributed by atoms with Crippen molar-refractivity contribution in [1.82, 2.24) is 0 Å². The van der Waals surface area contributed by atoms with Gasteiger partial charge in [0.1, 0.15) is 23.5 Å². The molecule has 204 valence electrons. The molecule has 0 amide bonds. The van der Waals surface area contributed by atoms with E-state index in [-0.39, 0.29) is 23.3 Å². The molecule has 0 spiro atoms. The second kappa shape index (κ2) is 11.5. The number of aryl methyl sites for hydroxylation is 1. The Hall–Kier alpha value is -4.78. The number of rotatable bonds is 8. The van der Waals surface area contributed by atoms with Crippen molar-refractivity contribution < 1.29 is 23.5 Å². The number of nitrogens with two attached hydrogens (primary N) is 1. The lowest BCUT2D eigenvalue weighted by molar-refractivity contribution is -0.144. The Morgan fingerprint density at radius 1 is 0.875 bits per heavy atom. The fourth-order valence-electron chi connectivity index (χ4n) is 4.33. The summed E-state index contributed by atoms with van der Waals surface area (Å²) < 4.78 is 26.5. The minimum Gasteiger partial charge on any atom is -0.454 e. The summed E-state index contributed by atoms with van der Waals surface area (Å²) in [5.74, 6) is -1.09. The molecule has 3 aromatic carbocycles. The van der Waals surface area contributed by atoms with E-state index in [9.17, 15) is 9.59 Å². The number of ether oxygens (including phenoxy) is 2. The minimum atomic E-state index is -0.607. The van der Waals surface area contributed by atoms with Crippen LogP contribution < -0.4 is 10.5 Å². The van der Waals surface area contributed by atoms with Crippen LogP contribution in [-0.2, 0) is 20.7 Å². The van der Waals surface area contributed by atoms with E-state index in [4.69, 9.17) is 15.2 Å². The third-order valence-corrected chi connectivity index (χ3v) is 6.51. The molecule has 4 rings (SSSR count). The minimum absolute atomic E-state index is 0.183. The number of halogens is 1. The van der Waals surface area contributed by atoms with Gasteiger partial charge in [0.2, 0.25) is 0 Å². The number of nitrogens with zero attached hydrogens (tertiary/aromatic N) is 1. The molecule has 0 saturated carbocycles. The van der Waals surface area contributed by atoms with Gasteiger partial charge in [0.25, 0.3) is 0 Å². The smallest absolute Gasteiger partial charge is 0.338 e. The molecule has 2 N–H and O–H groups in total. The zero-order valence-electron chi connectivity index (χ0n) is 22.8. The highest BCUT2D eigenvalue weighted by molar-refractivity contribution is 5.98. The highest BCUT2D eigenvalue weighted by atomic mass is 19.1. The van der Waals surface area contributed by atoms with Crippen LogP contribution in [0, 0.1) is 5.82 Å². The van der Waals surface area contributed by atoms with E-state index < -0.39 is 17.8 Å². The van der Waals surface area contributed by atoms with Crippen LogP contribution >= 0.6 is 0 Å². The lowest BCUT2D eigenvalue weighted by atomic mass is 9.97. The first-order chi connectivity index (χ1) is 18.9. The second-order valence-electron chi connectivity index (χ2n) is 9.98. The van der Waals surface area contributed by atoms with Gasteiger partial charge in [-0.15, -0.1) is 0 Å². The topological polar surface area (TPSA) is 91.0 Å². The lowest BCUT2D eigenvalue weighted by Gasteiger charge is -2.14. The van der Waals surface area contributed by atoms with Crippen LogP contribution in [0.25, 0.3) is 22.3 Å². The second-order valence-corrected chi connectivity index (χ2v) is 9.98. The average molecular weight is 539 g/mol. The maximum absolute atomic E-state index is 15.6. The molecular weight excluding hydrogens is 507 g/mol. The summed E-state index contributed by atoms with van der Waals surface area (Å²) in [6.45, 7) is 15.9. The molecule has 0 bridgehead atoms. The molecule has 1 aliphatic carbocycles. The van der Waals surface area contributed by atoms with Crippen LogP contribution in [0.5, 0.6) is 5.75 Å². The maximum Gasteiger partial charge on any atom is 0.338 e. The largest absolute Gasteiger partial charge is 0.454 e. The van der Waals surface area contributed by atoms with Crippen molar-refractivity contribution in [3.63, 3.8) is 0 Å². The third kappa shape index (κ3) is 6.26. The van der Waals surface area contributed by atoms with Crippen LogP contribution in [0.4, 0.5) is 10.1 Å². The van der Waals surface area contributed by atoms with E-state index >= 15 is 4.39 Å². The summed E-state index contributed by atoms with van der Waals surface area (Å²) >= 11 is 0. The fraction of sp³-hybridized carbons (Fsp3) is 0.182. The zero-order chi connectivity index (χ0) is 29.1. The first-order valence-corrected chi connectivity index (χ1v) is 12.8. The molecule has 7 heteroatoms. The number of benzene rings is 3. The van der Waals surface area contributed by atoms with Crippen molar-refractivity contribution in [1.29, 1.82) is 0 Å². The van der Waals surface area contributed by atoms with Crippen LogP contribution in [0.1, 0.15) is 44.4 Å². The zero-order valence-corrected chi connectivity index (χ0v) is 22.8. The molecule has 0 aromatic heterocycles. The van der Waals surface area contributed by atoms with Crippen LogP contribution in [-0.4, -0.2) is 17.8 Å². The lowest BCUT2D eigenvalue weighted by Crippen LogP contribution is -2.11. The molecule has 0 heterocycles. The Labute approximate surface area is 233 Å². The number of hydrogen-bond donors (Lipinski definition) is 1. The maximum atomic E-state index is 15.6. The van der Waals surface area contributed by atoms with Crippen LogP contribution in [0.3, 0.4) is 0 Å². The molecule has 40 heavy (non-hydrogen) atoms. The predicted molar refractivity (Wildman–Crippen MR) is 156 cm³/mol. The summed E-state index contributed by atoms with van der Waals surface area (Å²) in [4.78, 5) is 28.5. The highest BCUT2D eigenvalue weighted by Crippen LogP contribution is 2.38. The number of hydrogen-bond acceptors (Lipinski definition) is 5. The summed E-state index contributed by atoms with van der Waals surface area (Å²) in [6.07, 6.45) is 1.14.